The van der Waals surface area contributed by atoms with E-state index in [9.17, 15) is 8.78 Å². The average molecular weight is 230 g/mol. The Bertz CT molecular complexity index is 370. The van der Waals surface area contributed by atoms with Gasteiger partial charge in [-0.2, -0.15) is 0 Å². The molecule has 0 unspecified atom stereocenters. The second-order valence-corrected chi connectivity index (χ2v) is 5.18. The van der Waals surface area contributed by atoms with Gasteiger partial charge in [0.1, 0.15) is 0 Å². The van der Waals surface area contributed by atoms with Gasteiger partial charge in [-0.15, -0.1) is 0 Å². The normalized spacial score (nSPS) is 24.9. The Morgan fingerprint density at radius 1 is 1.06 bits per heavy atom. The van der Waals surface area contributed by atoms with E-state index in [0.29, 0.717) is 5.92 Å². The molecule has 0 aromatic heterocycles. The predicted octanol–water partition coefficient (Wildman–Crippen LogP) is 4.22. The molecule has 0 nitrogen and oxygen atoms in total. The number of halogens is 2. The van der Waals surface area contributed by atoms with Gasteiger partial charge in [0.25, 0.3) is 0 Å². The fourth-order valence-corrected chi connectivity index (χ4v) is 2.96. The summed E-state index contributed by atoms with van der Waals surface area (Å²) in [5, 5.41) is 1.25. The molecule has 1 aliphatic rings. The summed E-state index contributed by atoms with van der Waals surface area (Å²) in [5.41, 5.74) is 0.971. The van der Waals surface area contributed by atoms with Gasteiger partial charge >= 0.3 is 111 Å². The summed E-state index contributed by atoms with van der Waals surface area (Å²) in [6.07, 6.45) is 6.02. The van der Waals surface area contributed by atoms with Crippen molar-refractivity contribution in [2.45, 2.75) is 43.1 Å². The molecule has 0 atom stereocenters. The van der Waals surface area contributed by atoms with Crippen LogP contribution in [0.25, 0.3) is 0 Å². The van der Waals surface area contributed by atoms with Gasteiger partial charge in [0.15, 0.2) is 0 Å². The number of hydrogen-bond donors (Lipinski definition) is 0. The van der Waals surface area contributed by atoms with Crippen molar-refractivity contribution in [1.82, 2.24) is 0 Å². The van der Waals surface area contributed by atoms with E-state index in [1.54, 1.807) is 6.07 Å². The molecule has 0 bridgehead atoms. The van der Waals surface area contributed by atoms with Crippen molar-refractivity contribution in [3.8, 4) is 0 Å². The van der Waals surface area contributed by atoms with E-state index in [1.165, 1.54) is 36.5 Å². The quantitative estimate of drug-likeness (QED) is 0.682. The van der Waals surface area contributed by atoms with Crippen LogP contribution in [0.5, 0.6) is 0 Å². The molecule has 3 heteroatoms. The first-order valence-electron chi connectivity index (χ1n) is 6.65. The van der Waals surface area contributed by atoms with Gasteiger partial charge in [0.05, 0.1) is 0 Å². The van der Waals surface area contributed by atoms with Crippen molar-refractivity contribution in [2.75, 3.05) is 0 Å². The van der Waals surface area contributed by atoms with Gasteiger partial charge in [-0.05, 0) is 0 Å². The summed E-state index contributed by atoms with van der Waals surface area (Å²) >= 11 is 2.22. The molecule has 1 aliphatic carbocycles. The molecule has 1 saturated carbocycles. The van der Waals surface area contributed by atoms with Crippen molar-refractivity contribution >= 4 is 17.7 Å². The molecule has 0 saturated heterocycles. The zero-order chi connectivity index (χ0) is 12.3. The molecule has 1 aromatic carbocycles. The molecule has 0 N–H and O–H groups in total. The van der Waals surface area contributed by atoms with Gasteiger partial charge < -0.3 is 0 Å². The number of rotatable bonds is 3. The van der Waals surface area contributed by atoms with Crippen molar-refractivity contribution in [3.05, 3.63) is 35.4 Å². The molecular formula is C14H17F2Li. The summed E-state index contributed by atoms with van der Waals surface area (Å²) in [7, 11) is 0. The van der Waals surface area contributed by atoms with Gasteiger partial charge in [-0.3, -0.25) is 0 Å². The number of benzene rings is 1. The first kappa shape index (κ1) is 13.1. The van der Waals surface area contributed by atoms with E-state index >= 15 is 0 Å². The zero-order valence-corrected chi connectivity index (χ0v) is 10.4. The third-order valence-corrected chi connectivity index (χ3v) is 3.96. The number of hydrogen-bond acceptors (Lipinski definition) is 0. The topological polar surface area (TPSA) is 0 Å². The van der Waals surface area contributed by atoms with Crippen LogP contribution in [-0.2, 0) is 0 Å². The maximum atomic E-state index is 13.2. The Morgan fingerprint density at radius 2 is 1.76 bits per heavy atom. The van der Waals surface area contributed by atoms with E-state index in [-0.39, 0.29) is 0 Å². The first-order valence-corrected chi connectivity index (χ1v) is 6.65. The average Bonchev–Trinajstić information content (AvgIpc) is 2.34. The fraction of sp³-hybridized carbons (Fsp3) is 0.571. The molecule has 0 spiro atoms. The van der Waals surface area contributed by atoms with Gasteiger partial charge in [-0.25, -0.2) is 0 Å². The summed E-state index contributed by atoms with van der Waals surface area (Å²) in [6, 6.07) is 4.37. The van der Waals surface area contributed by atoms with E-state index in [1.807, 2.05) is 0 Å². The zero-order valence-electron chi connectivity index (χ0n) is 10.4. The van der Waals surface area contributed by atoms with Crippen LogP contribution in [0.1, 0.15) is 43.6 Å². The van der Waals surface area contributed by atoms with Crippen LogP contribution in [0, 0.1) is 17.6 Å². The van der Waals surface area contributed by atoms with Crippen molar-refractivity contribution in [1.29, 1.82) is 0 Å². The Morgan fingerprint density at radius 3 is 2.35 bits per heavy atom. The van der Waals surface area contributed by atoms with E-state index in [4.69, 9.17) is 0 Å². The van der Waals surface area contributed by atoms with Crippen LogP contribution >= 0.6 is 0 Å². The molecule has 0 radical (unpaired) electrons. The third kappa shape index (κ3) is 3.33. The SMILES string of the molecule is [Li][CH2]C[C@H]1CC[C@H](c2ccc(F)c(F)c2)CC1. The Hall–Kier alpha value is -0.323. The fourth-order valence-electron chi connectivity index (χ4n) is 2.96. The van der Waals surface area contributed by atoms with Crippen LogP contribution in [0.15, 0.2) is 18.2 Å². The predicted molar refractivity (Wildman–Crippen MR) is 66.2 cm³/mol. The van der Waals surface area contributed by atoms with E-state index in [2.05, 4.69) is 17.7 Å². The van der Waals surface area contributed by atoms with Crippen LogP contribution < -0.4 is 0 Å². The standard InChI is InChI=1S/C14H17F2.Li/c1-2-10-3-5-11(6-4-10)12-7-8-13(15)14(16)9-12;/h7-11H,1-6H2;/t10-,11-;. The first-order chi connectivity index (χ1) is 8.20. The summed E-state index contributed by atoms with van der Waals surface area (Å²) in [4.78, 5) is 0. The van der Waals surface area contributed by atoms with Crippen LogP contribution in [0.4, 0.5) is 8.78 Å². The Labute approximate surface area is 111 Å². The minimum absolute atomic E-state index is 0.429. The summed E-state index contributed by atoms with van der Waals surface area (Å²) < 4.78 is 26.0. The van der Waals surface area contributed by atoms with Gasteiger partial charge in [-0.1, -0.05) is 0 Å². The van der Waals surface area contributed by atoms with E-state index < -0.39 is 11.6 Å². The molecule has 0 heterocycles. The van der Waals surface area contributed by atoms with Crippen molar-refractivity contribution < 1.29 is 8.78 Å². The maximum absolute atomic E-state index is 13.2. The molecule has 2 rings (SSSR count). The Balaban J connectivity index is 1.98. The van der Waals surface area contributed by atoms with Gasteiger partial charge in [0, 0.05) is 0 Å². The molecule has 0 amide bonds. The molecule has 0 aliphatic heterocycles. The monoisotopic (exact) mass is 230 g/mol. The second-order valence-electron chi connectivity index (χ2n) is 5.18. The minimum atomic E-state index is -0.742. The van der Waals surface area contributed by atoms with Crippen LogP contribution in [0.2, 0.25) is 5.09 Å². The van der Waals surface area contributed by atoms with Gasteiger partial charge in [0.2, 0.25) is 0 Å². The van der Waals surface area contributed by atoms with Crippen molar-refractivity contribution in [2.24, 2.45) is 5.92 Å². The van der Waals surface area contributed by atoms with Crippen molar-refractivity contribution in [3.63, 3.8) is 0 Å². The molecular weight excluding hydrogens is 213 g/mol. The molecule has 1 fully saturated rings. The summed E-state index contributed by atoms with van der Waals surface area (Å²) in [6.45, 7) is 0. The van der Waals surface area contributed by atoms with Crippen LogP contribution in [-0.4, -0.2) is 17.7 Å². The molecule has 88 valence electrons. The van der Waals surface area contributed by atoms with E-state index in [0.717, 1.165) is 24.3 Å². The van der Waals surface area contributed by atoms with Crippen LogP contribution in [0.3, 0.4) is 0 Å². The molecule has 17 heavy (non-hydrogen) atoms. The molecule has 1 aromatic rings. The Kier molecular flexibility index (Phi) is 4.65. The second kappa shape index (κ2) is 6.02. The third-order valence-electron chi connectivity index (χ3n) is 3.96. The summed E-state index contributed by atoms with van der Waals surface area (Å²) in [5.74, 6) is -0.175.